The number of methoxy groups -OCH3 is 2. The van der Waals surface area contributed by atoms with Crippen molar-refractivity contribution in [1.82, 2.24) is 0 Å². The van der Waals surface area contributed by atoms with Crippen molar-refractivity contribution >= 4 is 17.7 Å². The average Bonchev–Trinajstić information content (AvgIpc) is 2.24. The lowest BCUT2D eigenvalue weighted by Crippen LogP contribution is -2.40. The summed E-state index contributed by atoms with van der Waals surface area (Å²) >= 11 is 0. The van der Waals surface area contributed by atoms with Gasteiger partial charge in [-0.15, -0.1) is 0 Å². The predicted molar refractivity (Wildman–Crippen MR) is 52.0 cm³/mol. The summed E-state index contributed by atoms with van der Waals surface area (Å²) in [5.41, 5.74) is -1.33. The van der Waals surface area contributed by atoms with Crippen molar-refractivity contribution in [3.05, 3.63) is 0 Å². The summed E-state index contributed by atoms with van der Waals surface area (Å²) in [6, 6.07) is 0. The summed E-state index contributed by atoms with van der Waals surface area (Å²) < 4.78 is 8.92. The van der Waals surface area contributed by atoms with Crippen molar-refractivity contribution in [2.45, 2.75) is 20.8 Å². The molecule has 1 atom stereocenters. The highest BCUT2D eigenvalue weighted by Crippen LogP contribution is 2.23. The normalized spacial score (nSPS) is 12.9. The van der Waals surface area contributed by atoms with Gasteiger partial charge in [-0.05, 0) is 20.8 Å². The topological polar surface area (TPSA) is 69.7 Å². The van der Waals surface area contributed by atoms with Crippen molar-refractivity contribution < 1.29 is 23.9 Å². The average molecular weight is 216 g/mol. The third-order valence-corrected chi connectivity index (χ3v) is 2.26. The van der Waals surface area contributed by atoms with Gasteiger partial charge in [0.15, 0.2) is 5.78 Å². The van der Waals surface area contributed by atoms with Gasteiger partial charge in [0, 0.05) is 0 Å². The van der Waals surface area contributed by atoms with Crippen LogP contribution in [-0.4, -0.2) is 31.9 Å². The minimum atomic E-state index is -1.33. The highest BCUT2D eigenvalue weighted by atomic mass is 16.5. The summed E-state index contributed by atoms with van der Waals surface area (Å²) in [4.78, 5) is 34.2. The van der Waals surface area contributed by atoms with Crippen LogP contribution in [0.2, 0.25) is 0 Å². The van der Waals surface area contributed by atoms with E-state index in [9.17, 15) is 14.4 Å². The molecule has 0 amide bonds. The molecule has 0 saturated carbocycles. The largest absolute Gasteiger partial charge is 0.468 e. The van der Waals surface area contributed by atoms with Gasteiger partial charge < -0.3 is 9.47 Å². The smallest absolute Gasteiger partial charge is 0.318 e. The number of carbonyl (C=O) groups is 3. The summed E-state index contributed by atoms with van der Waals surface area (Å²) in [6.07, 6.45) is 0. The molecule has 0 fully saturated rings. The third kappa shape index (κ3) is 2.78. The van der Waals surface area contributed by atoms with Gasteiger partial charge >= 0.3 is 11.9 Å². The molecule has 0 rings (SSSR count). The number of ether oxygens (including phenoxy) is 2. The van der Waals surface area contributed by atoms with E-state index >= 15 is 0 Å². The van der Waals surface area contributed by atoms with Gasteiger partial charge in [0.2, 0.25) is 0 Å². The number of hydrogen-bond donors (Lipinski definition) is 0. The van der Waals surface area contributed by atoms with Gasteiger partial charge in [-0.3, -0.25) is 14.4 Å². The molecule has 0 aliphatic carbocycles. The number of Topliss-reactive ketones (excluding diaryl/α,β-unsaturated/α-hetero) is 1. The maximum atomic E-state index is 11.8. The fourth-order valence-corrected chi connectivity index (χ4v) is 1.18. The van der Waals surface area contributed by atoms with Crippen LogP contribution in [0, 0.1) is 11.3 Å². The molecule has 5 nitrogen and oxygen atoms in total. The molecule has 0 aromatic carbocycles. The molecule has 0 bridgehead atoms. The molecule has 0 saturated heterocycles. The maximum absolute atomic E-state index is 11.8. The maximum Gasteiger partial charge on any atom is 0.318 e. The van der Waals surface area contributed by atoms with E-state index in [-0.39, 0.29) is 0 Å². The Bertz CT molecular complexity index is 280. The Morgan fingerprint density at radius 3 is 1.87 bits per heavy atom. The molecule has 5 heteroatoms. The van der Waals surface area contributed by atoms with Crippen LogP contribution in [0.1, 0.15) is 20.8 Å². The molecule has 1 unspecified atom stereocenters. The van der Waals surface area contributed by atoms with E-state index < -0.39 is 29.1 Å². The Kier molecular flexibility index (Phi) is 4.45. The zero-order valence-electron chi connectivity index (χ0n) is 9.62. The van der Waals surface area contributed by atoms with E-state index in [0.717, 1.165) is 0 Å². The summed E-state index contributed by atoms with van der Waals surface area (Å²) in [6.45, 7) is 4.24. The van der Waals surface area contributed by atoms with E-state index in [1.165, 1.54) is 35.0 Å². The van der Waals surface area contributed by atoms with E-state index in [4.69, 9.17) is 0 Å². The van der Waals surface area contributed by atoms with Gasteiger partial charge in [-0.25, -0.2) is 0 Å². The van der Waals surface area contributed by atoms with Crippen LogP contribution >= 0.6 is 0 Å². The molecule has 86 valence electrons. The summed E-state index contributed by atoms with van der Waals surface area (Å²) in [7, 11) is 2.39. The van der Waals surface area contributed by atoms with E-state index in [0.29, 0.717) is 0 Å². The number of carbonyl (C=O) groups excluding carboxylic acids is 3. The number of hydrogen-bond acceptors (Lipinski definition) is 5. The van der Waals surface area contributed by atoms with Crippen molar-refractivity contribution in [3.63, 3.8) is 0 Å². The summed E-state index contributed by atoms with van der Waals surface area (Å²) in [5.74, 6) is -2.80. The third-order valence-electron chi connectivity index (χ3n) is 2.26. The minimum Gasteiger partial charge on any atom is -0.468 e. The van der Waals surface area contributed by atoms with Crippen molar-refractivity contribution in [2.24, 2.45) is 11.3 Å². The fourth-order valence-electron chi connectivity index (χ4n) is 1.18. The van der Waals surface area contributed by atoms with Crippen LogP contribution < -0.4 is 0 Å². The second-order valence-corrected chi connectivity index (χ2v) is 3.73. The van der Waals surface area contributed by atoms with Crippen LogP contribution in [0.4, 0.5) is 0 Å². The van der Waals surface area contributed by atoms with E-state index in [1.807, 2.05) is 0 Å². The van der Waals surface area contributed by atoms with Gasteiger partial charge in [0.05, 0.1) is 14.2 Å². The molecule has 0 spiro atoms. The molecule has 0 N–H and O–H groups in total. The molecular formula is C10H16O5. The fraction of sp³-hybridized carbons (Fsp3) is 0.700. The second-order valence-electron chi connectivity index (χ2n) is 3.73. The molecule has 0 radical (unpaired) electrons. The molecule has 15 heavy (non-hydrogen) atoms. The Morgan fingerprint density at radius 2 is 1.53 bits per heavy atom. The predicted octanol–water partition coefficient (Wildman–Crippen LogP) is 0.564. The lowest BCUT2D eigenvalue weighted by molar-refractivity contribution is -0.160. The highest BCUT2D eigenvalue weighted by Gasteiger charge is 2.42. The molecule has 0 aliphatic rings. The standard InChI is InChI=1S/C10H16O5/c1-6(8(12)14-4)7(11)10(2,3)9(13)15-5/h6H,1-5H3. The lowest BCUT2D eigenvalue weighted by atomic mass is 9.82. The van der Waals surface area contributed by atoms with Crippen LogP contribution in [0.25, 0.3) is 0 Å². The Morgan fingerprint density at radius 1 is 1.07 bits per heavy atom. The number of esters is 2. The summed E-state index contributed by atoms with van der Waals surface area (Å²) in [5, 5.41) is 0. The van der Waals surface area contributed by atoms with Gasteiger partial charge in [-0.2, -0.15) is 0 Å². The molecule has 0 aromatic rings. The van der Waals surface area contributed by atoms with Crippen LogP contribution in [0.3, 0.4) is 0 Å². The Hall–Kier alpha value is -1.39. The number of ketones is 1. The molecule has 0 heterocycles. The van der Waals surface area contributed by atoms with E-state index in [2.05, 4.69) is 9.47 Å². The van der Waals surface area contributed by atoms with Crippen molar-refractivity contribution in [3.8, 4) is 0 Å². The van der Waals surface area contributed by atoms with Crippen LogP contribution in [0.15, 0.2) is 0 Å². The van der Waals surface area contributed by atoms with Crippen molar-refractivity contribution in [2.75, 3.05) is 14.2 Å². The first kappa shape index (κ1) is 13.6. The van der Waals surface area contributed by atoms with Gasteiger partial charge in [-0.1, -0.05) is 0 Å². The molecule has 0 aliphatic heterocycles. The van der Waals surface area contributed by atoms with Gasteiger partial charge in [0.25, 0.3) is 0 Å². The minimum absolute atomic E-state index is 0.513. The second kappa shape index (κ2) is 4.91. The first-order valence-electron chi connectivity index (χ1n) is 4.49. The molecular weight excluding hydrogens is 200 g/mol. The van der Waals surface area contributed by atoms with Crippen molar-refractivity contribution in [1.29, 1.82) is 0 Å². The van der Waals surface area contributed by atoms with Gasteiger partial charge in [0.1, 0.15) is 11.3 Å². The SMILES string of the molecule is COC(=O)C(C)C(=O)C(C)(C)C(=O)OC. The first-order valence-corrected chi connectivity index (χ1v) is 4.49. The van der Waals surface area contributed by atoms with Crippen LogP contribution in [0.5, 0.6) is 0 Å². The quantitative estimate of drug-likeness (QED) is 0.507. The Labute approximate surface area is 88.7 Å². The van der Waals surface area contributed by atoms with Crippen LogP contribution in [-0.2, 0) is 23.9 Å². The highest BCUT2D eigenvalue weighted by molar-refractivity contribution is 6.10. The number of rotatable bonds is 4. The first-order chi connectivity index (χ1) is 6.78. The monoisotopic (exact) mass is 216 g/mol. The van der Waals surface area contributed by atoms with E-state index in [1.54, 1.807) is 0 Å². The molecule has 0 aromatic heterocycles. The lowest BCUT2D eigenvalue weighted by Gasteiger charge is -2.22. The zero-order chi connectivity index (χ0) is 12.2. The Balaban J connectivity index is 4.84. The zero-order valence-corrected chi connectivity index (χ0v) is 9.62.